The van der Waals surface area contributed by atoms with Gasteiger partial charge in [0, 0.05) is 37.2 Å². The van der Waals surface area contributed by atoms with Crippen molar-refractivity contribution in [3.05, 3.63) is 65.2 Å². The van der Waals surface area contributed by atoms with Crippen LogP contribution in [0.3, 0.4) is 0 Å². The molecular formula is C26H31F2N3O3. The summed E-state index contributed by atoms with van der Waals surface area (Å²) in [4.78, 5) is 29.5. The van der Waals surface area contributed by atoms with Crippen LogP contribution in [0, 0.1) is 17.6 Å². The maximum absolute atomic E-state index is 14.0. The molecule has 4 rings (SSSR count). The summed E-state index contributed by atoms with van der Waals surface area (Å²) >= 11 is 0. The number of piperidine rings is 1. The molecule has 8 heteroatoms. The molecule has 0 bridgehead atoms. The number of carbonyl (C=O) groups excluding carboxylic acids is 2. The van der Waals surface area contributed by atoms with E-state index in [4.69, 9.17) is 4.74 Å². The molecule has 0 aliphatic carbocycles. The van der Waals surface area contributed by atoms with Crippen LogP contribution in [-0.2, 0) is 4.79 Å². The fraction of sp³-hybridized carbons (Fsp3) is 0.462. The van der Waals surface area contributed by atoms with Crippen molar-refractivity contribution in [1.82, 2.24) is 15.1 Å². The molecule has 6 nitrogen and oxygen atoms in total. The van der Waals surface area contributed by atoms with Crippen molar-refractivity contribution in [3.8, 4) is 5.75 Å². The Kier molecular flexibility index (Phi) is 7.77. The number of nitrogens with one attached hydrogen (secondary N) is 1. The normalized spacial score (nSPS) is 18.0. The van der Waals surface area contributed by atoms with Crippen LogP contribution in [0.5, 0.6) is 5.75 Å². The van der Waals surface area contributed by atoms with Gasteiger partial charge in [-0.15, -0.1) is 0 Å². The summed E-state index contributed by atoms with van der Waals surface area (Å²) in [5.74, 6) is -1.48. The van der Waals surface area contributed by atoms with E-state index in [-0.39, 0.29) is 23.4 Å². The summed E-state index contributed by atoms with van der Waals surface area (Å²) in [7, 11) is 1.66. The van der Waals surface area contributed by atoms with Crippen molar-refractivity contribution in [2.45, 2.75) is 31.7 Å². The number of ether oxygens (including phenoxy) is 1. The highest BCUT2D eigenvalue weighted by atomic mass is 19.1. The SMILES string of the molecule is COc1ccccc1C(CNC(=O)C1CCN(C(=O)c2ccc(F)cc2F)CC1)N1CCCC1. The number of halogens is 2. The van der Waals surface area contributed by atoms with Gasteiger partial charge in [0.15, 0.2) is 0 Å². The fourth-order valence-electron chi connectivity index (χ4n) is 4.95. The highest BCUT2D eigenvalue weighted by Gasteiger charge is 2.31. The Morgan fingerprint density at radius 1 is 1.06 bits per heavy atom. The average Bonchev–Trinajstić information content (AvgIpc) is 3.39. The standard InChI is InChI=1S/C26H31F2N3O3/c1-34-24-7-3-2-6-21(24)23(30-12-4-5-13-30)17-29-25(32)18-10-14-31(15-11-18)26(33)20-9-8-19(27)16-22(20)28/h2-3,6-9,16,18,23H,4-5,10-15,17H2,1H3,(H,29,32). The van der Waals surface area contributed by atoms with E-state index >= 15 is 0 Å². The number of para-hydroxylation sites is 1. The number of carbonyl (C=O) groups is 2. The maximum atomic E-state index is 14.0. The number of benzene rings is 2. The van der Waals surface area contributed by atoms with Gasteiger partial charge >= 0.3 is 0 Å². The van der Waals surface area contributed by atoms with Crippen LogP contribution in [0.2, 0.25) is 0 Å². The predicted molar refractivity (Wildman–Crippen MR) is 125 cm³/mol. The van der Waals surface area contributed by atoms with Gasteiger partial charge in [0.2, 0.25) is 5.91 Å². The van der Waals surface area contributed by atoms with Gasteiger partial charge in [-0.2, -0.15) is 0 Å². The van der Waals surface area contributed by atoms with E-state index in [0.717, 1.165) is 43.3 Å². The molecule has 2 aromatic carbocycles. The minimum Gasteiger partial charge on any atom is -0.496 e. The van der Waals surface area contributed by atoms with Crippen LogP contribution in [0.1, 0.15) is 47.6 Å². The first-order valence-electron chi connectivity index (χ1n) is 11.9. The van der Waals surface area contributed by atoms with Gasteiger partial charge in [-0.1, -0.05) is 18.2 Å². The number of amides is 2. The lowest BCUT2D eigenvalue weighted by Gasteiger charge is -2.33. The molecule has 0 spiro atoms. The molecule has 0 aromatic heterocycles. The van der Waals surface area contributed by atoms with Crippen LogP contribution in [0.15, 0.2) is 42.5 Å². The van der Waals surface area contributed by atoms with Crippen LogP contribution < -0.4 is 10.1 Å². The summed E-state index contributed by atoms with van der Waals surface area (Å²) in [5, 5.41) is 3.13. The van der Waals surface area contributed by atoms with E-state index in [9.17, 15) is 18.4 Å². The monoisotopic (exact) mass is 471 g/mol. The van der Waals surface area contributed by atoms with Crippen LogP contribution in [0.4, 0.5) is 8.78 Å². The Morgan fingerprint density at radius 3 is 2.44 bits per heavy atom. The third-order valence-corrected chi connectivity index (χ3v) is 6.86. The van der Waals surface area contributed by atoms with Crippen molar-refractivity contribution in [2.75, 3.05) is 39.8 Å². The summed E-state index contributed by atoms with van der Waals surface area (Å²) in [6, 6.07) is 10.9. The number of likely N-dealkylation sites (tertiary alicyclic amines) is 2. The Balaban J connectivity index is 1.35. The fourth-order valence-corrected chi connectivity index (χ4v) is 4.95. The van der Waals surface area contributed by atoms with Gasteiger partial charge in [0.1, 0.15) is 17.4 Å². The molecule has 2 aliphatic heterocycles. The first kappa shape index (κ1) is 24.1. The molecule has 1 unspecified atom stereocenters. The predicted octanol–water partition coefficient (Wildman–Crippen LogP) is 3.78. The lowest BCUT2D eigenvalue weighted by atomic mass is 9.95. The molecule has 2 fully saturated rings. The Hall–Kier alpha value is -3.00. The smallest absolute Gasteiger partial charge is 0.256 e. The molecule has 1 atom stereocenters. The molecule has 182 valence electrons. The van der Waals surface area contributed by atoms with Crippen molar-refractivity contribution >= 4 is 11.8 Å². The zero-order valence-electron chi connectivity index (χ0n) is 19.4. The van der Waals surface area contributed by atoms with Gasteiger partial charge in [-0.05, 0) is 57.0 Å². The summed E-state index contributed by atoms with van der Waals surface area (Å²) in [5.41, 5.74) is 0.920. The number of hydrogen-bond acceptors (Lipinski definition) is 4. The van der Waals surface area contributed by atoms with Gasteiger partial charge in [0.25, 0.3) is 5.91 Å². The lowest BCUT2D eigenvalue weighted by Crippen LogP contribution is -2.45. The van der Waals surface area contributed by atoms with E-state index in [1.807, 2.05) is 24.3 Å². The Morgan fingerprint density at radius 2 is 1.76 bits per heavy atom. The van der Waals surface area contributed by atoms with E-state index in [1.54, 1.807) is 7.11 Å². The highest BCUT2D eigenvalue weighted by molar-refractivity contribution is 5.94. The molecule has 2 saturated heterocycles. The third kappa shape index (κ3) is 5.38. The first-order chi connectivity index (χ1) is 16.5. The van der Waals surface area contributed by atoms with Crippen molar-refractivity contribution in [3.63, 3.8) is 0 Å². The van der Waals surface area contributed by atoms with Gasteiger partial charge in [0.05, 0.1) is 18.7 Å². The molecule has 2 aliphatic rings. The minimum absolute atomic E-state index is 0.0286. The number of rotatable bonds is 7. The average molecular weight is 472 g/mol. The molecule has 2 amide bonds. The second-order valence-corrected chi connectivity index (χ2v) is 8.94. The second-order valence-electron chi connectivity index (χ2n) is 8.94. The second kappa shape index (κ2) is 11.0. The topological polar surface area (TPSA) is 61.9 Å². The minimum atomic E-state index is -0.867. The largest absolute Gasteiger partial charge is 0.496 e. The van der Waals surface area contributed by atoms with Crippen molar-refractivity contribution < 1.29 is 23.1 Å². The molecular weight excluding hydrogens is 440 g/mol. The molecule has 0 saturated carbocycles. The highest BCUT2D eigenvalue weighted by Crippen LogP contribution is 2.31. The van der Waals surface area contributed by atoms with E-state index in [1.165, 1.54) is 11.0 Å². The van der Waals surface area contributed by atoms with Crippen LogP contribution in [-0.4, -0.2) is 61.4 Å². The van der Waals surface area contributed by atoms with Crippen molar-refractivity contribution in [2.24, 2.45) is 5.92 Å². The number of methoxy groups -OCH3 is 1. The van der Waals surface area contributed by atoms with Gasteiger partial charge < -0.3 is 15.0 Å². The molecule has 2 aromatic rings. The summed E-state index contributed by atoms with van der Waals surface area (Å²) < 4.78 is 32.7. The third-order valence-electron chi connectivity index (χ3n) is 6.86. The van der Waals surface area contributed by atoms with Gasteiger partial charge in [-0.25, -0.2) is 8.78 Å². The number of nitrogens with zero attached hydrogens (tertiary/aromatic N) is 2. The zero-order chi connectivity index (χ0) is 24.1. The zero-order valence-corrected chi connectivity index (χ0v) is 19.4. The quantitative estimate of drug-likeness (QED) is 0.668. The van der Waals surface area contributed by atoms with Gasteiger partial charge in [-0.3, -0.25) is 14.5 Å². The summed E-state index contributed by atoms with van der Waals surface area (Å²) in [6.07, 6.45) is 3.29. The van der Waals surface area contributed by atoms with E-state index in [2.05, 4.69) is 10.2 Å². The number of hydrogen-bond donors (Lipinski definition) is 1. The van der Waals surface area contributed by atoms with Crippen LogP contribution >= 0.6 is 0 Å². The Labute approximate surface area is 198 Å². The van der Waals surface area contributed by atoms with E-state index < -0.39 is 17.5 Å². The van der Waals surface area contributed by atoms with Crippen molar-refractivity contribution in [1.29, 1.82) is 0 Å². The summed E-state index contributed by atoms with van der Waals surface area (Å²) in [6.45, 7) is 3.17. The first-order valence-corrected chi connectivity index (χ1v) is 11.9. The molecule has 2 heterocycles. The lowest BCUT2D eigenvalue weighted by molar-refractivity contribution is -0.126. The molecule has 0 radical (unpaired) electrons. The molecule has 34 heavy (non-hydrogen) atoms. The van der Waals surface area contributed by atoms with Crippen LogP contribution in [0.25, 0.3) is 0 Å². The molecule has 1 N–H and O–H groups in total. The van der Waals surface area contributed by atoms with E-state index in [0.29, 0.717) is 38.5 Å². The maximum Gasteiger partial charge on any atom is 0.256 e. The Bertz CT molecular complexity index is 1020.